The number of aryl methyl sites for hydroxylation is 2. The summed E-state index contributed by atoms with van der Waals surface area (Å²) in [5, 5.41) is 0. The molecule has 1 aromatic rings. The smallest absolute Gasteiger partial charge is 0.412 e. The Kier molecular flexibility index (Phi) is 8.79. The van der Waals surface area contributed by atoms with Gasteiger partial charge in [-0.25, -0.2) is 9.59 Å². The summed E-state index contributed by atoms with van der Waals surface area (Å²) in [6, 6.07) is 8.26. The number of hydrogen-bond donors (Lipinski definition) is 0. The van der Waals surface area contributed by atoms with Crippen molar-refractivity contribution in [3.63, 3.8) is 0 Å². The van der Waals surface area contributed by atoms with Crippen molar-refractivity contribution < 1.29 is 28.5 Å². The molecule has 2 heterocycles. The molecule has 2 atom stereocenters. The van der Waals surface area contributed by atoms with Gasteiger partial charge in [0.1, 0.15) is 22.7 Å². The number of ether oxygens (including phenoxy) is 4. The number of carbonyl (C=O) groups is 2. The van der Waals surface area contributed by atoms with Gasteiger partial charge in [-0.05, 0) is 106 Å². The van der Waals surface area contributed by atoms with E-state index in [0.717, 1.165) is 25.7 Å². The molecule has 0 aliphatic carbocycles. The van der Waals surface area contributed by atoms with Gasteiger partial charge in [0.2, 0.25) is 0 Å². The highest BCUT2D eigenvalue weighted by Gasteiger charge is 2.46. The van der Waals surface area contributed by atoms with E-state index in [2.05, 4.69) is 12.1 Å². The lowest BCUT2D eigenvalue weighted by molar-refractivity contribution is -0.0638. The van der Waals surface area contributed by atoms with Crippen LogP contribution in [0.1, 0.15) is 93.2 Å². The van der Waals surface area contributed by atoms with E-state index >= 15 is 0 Å². The predicted octanol–water partition coefficient (Wildman–Crippen LogP) is 6.30. The highest BCUT2D eigenvalue weighted by Crippen LogP contribution is 2.33. The Balaban J connectivity index is 1.67. The van der Waals surface area contributed by atoms with Crippen LogP contribution in [0, 0.1) is 0 Å². The van der Waals surface area contributed by atoms with E-state index in [-0.39, 0.29) is 24.3 Å². The van der Waals surface area contributed by atoms with Gasteiger partial charge in [0.05, 0.1) is 25.3 Å². The van der Waals surface area contributed by atoms with Crippen molar-refractivity contribution in [1.29, 1.82) is 0 Å². The fourth-order valence-electron chi connectivity index (χ4n) is 5.24. The van der Waals surface area contributed by atoms with Crippen LogP contribution in [0.3, 0.4) is 0 Å². The average Bonchev–Trinajstić information content (AvgIpc) is 3.23. The zero-order valence-electron chi connectivity index (χ0n) is 25.1. The Morgan fingerprint density at radius 1 is 0.763 bits per heavy atom. The van der Waals surface area contributed by atoms with Crippen molar-refractivity contribution in [3.05, 3.63) is 35.4 Å². The van der Waals surface area contributed by atoms with E-state index in [1.165, 1.54) is 11.1 Å². The van der Waals surface area contributed by atoms with E-state index < -0.39 is 22.7 Å². The van der Waals surface area contributed by atoms with Gasteiger partial charge in [-0.15, -0.1) is 0 Å². The molecule has 0 N–H and O–H groups in total. The normalized spacial score (nSPS) is 23.0. The molecule has 2 aliphatic heterocycles. The molecule has 0 radical (unpaired) electrons. The molecule has 3 rings (SSSR count). The van der Waals surface area contributed by atoms with Crippen LogP contribution < -0.4 is 0 Å². The van der Waals surface area contributed by atoms with Crippen LogP contribution in [0.4, 0.5) is 9.59 Å². The van der Waals surface area contributed by atoms with Gasteiger partial charge in [0, 0.05) is 0 Å². The average molecular weight is 533 g/mol. The Hall–Kier alpha value is -2.32. The third-order valence-electron chi connectivity index (χ3n) is 6.94. The van der Waals surface area contributed by atoms with Crippen LogP contribution in [-0.2, 0) is 31.8 Å². The van der Waals surface area contributed by atoms with Crippen LogP contribution in [-0.4, -0.2) is 69.9 Å². The van der Waals surface area contributed by atoms with Crippen molar-refractivity contribution in [2.75, 3.05) is 13.2 Å². The van der Waals surface area contributed by atoms with Gasteiger partial charge in [-0.2, -0.15) is 0 Å². The van der Waals surface area contributed by atoms with Crippen LogP contribution in [0.15, 0.2) is 24.3 Å². The van der Waals surface area contributed by atoms with E-state index in [1.807, 2.05) is 81.4 Å². The second kappa shape index (κ2) is 11.0. The van der Waals surface area contributed by atoms with Gasteiger partial charge >= 0.3 is 12.2 Å². The lowest BCUT2D eigenvalue weighted by Gasteiger charge is -2.35. The maximum atomic E-state index is 13.0. The van der Waals surface area contributed by atoms with E-state index in [4.69, 9.17) is 18.9 Å². The molecule has 2 saturated heterocycles. The first-order chi connectivity index (χ1) is 17.4. The van der Waals surface area contributed by atoms with Gasteiger partial charge in [-0.3, -0.25) is 9.80 Å². The number of benzene rings is 1. The summed E-state index contributed by atoms with van der Waals surface area (Å²) in [4.78, 5) is 29.5. The number of carbonyl (C=O) groups excluding carboxylic acids is 2. The molecule has 38 heavy (non-hydrogen) atoms. The Morgan fingerprint density at radius 3 is 1.42 bits per heavy atom. The highest BCUT2D eigenvalue weighted by molar-refractivity contribution is 5.70. The van der Waals surface area contributed by atoms with Gasteiger partial charge in [-0.1, -0.05) is 24.3 Å². The zero-order chi connectivity index (χ0) is 28.5. The standard InChI is InChI=1S/C30H48N2O6/c1-27(2,3)37-25(33)31-23(19-35-29(31,7)8)17-15-21-13-11-12-14-22(21)16-18-24-20-36-30(9,10)32(24)26(34)38-28(4,5)6/h11-14,23-24H,15-20H2,1-10H3/t23-,24-/m1/s1. The fourth-order valence-corrected chi connectivity index (χ4v) is 5.24. The first-order valence-electron chi connectivity index (χ1n) is 13.8. The Bertz CT molecular complexity index is 912. The summed E-state index contributed by atoms with van der Waals surface area (Å²) >= 11 is 0. The molecule has 2 aliphatic rings. The molecule has 8 nitrogen and oxygen atoms in total. The van der Waals surface area contributed by atoms with Crippen LogP contribution >= 0.6 is 0 Å². The van der Waals surface area contributed by atoms with Crippen LogP contribution in [0.2, 0.25) is 0 Å². The first-order valence-corrected chi connectivity index (χ1v) is 13.8. The van der Waals surface area contributed by atoms with E-state index in [1.54, 1.807) is 9.80 Å². The zero-order valence-corrected chi connectivity index (χ0v) is 25.1. The summed E-state index contributed by atoms with van der Waals surface area (Å²) in [6.07, 6.45) is 2.46. The highest BCUT2D eigenvalue weighted by atomic mass is 16.6. The lowest BCUT2D eigenvalue weighted by atomic mass is 9.95. The fraction of sp³-hybridized carbons (Fsp3) is 0.733. The first kappa shape index (κ1) is 30.2. The molecule has 8 heteroatoms. The summed E-state index contributed by atoms with van der Waals surface area (Å²) < 4.78 is 23.3. The van der Waals surface area contributed by atoms with E-state index in [0.29, 0.717) is 13.2 Å². The largest absolute Gasteiger partial charge is 0.444 e. The number of hydrogen-bond acceptors (Lipinski definition) is 6. The number of amides is 2. The van der Waals surface area contributed by atoms with E-state index in [9.17, 15) is 9.59 Å². The molecule has 0 unspecified atom stereocenters. The van der Waals surface area contributed by atoms with Crippen molar-refractivity contribution >= 4 is 12.2 Å². The minimum absolute atomic E-state index is 0.0698. The van der Waals surface area contributed by atoms with Crippen molar-refractivity contribution in [2.45, 2.75) is 130 Å². The second-order valence-electron chi connectivity index (χ2n) is 13.4. The van der Waals surface area contributed by atoms with Gasteiger partial charge in [0.15, 0.2) is 0 Å². The number of nitrogens with zero attached hydrogens (tertiary/aromatic N) is 2. The molecule has 214 valence electrons. The summed E-state index contributed by atoms with van der Waals surface area (Å²) in [7, 11) is 0. The molecular formula is C30H48N2O6. The SMILES string of the molecule is CC(C)(C)OC(=O)N1[C@H](CCc2ccccc2CC[C@@H]2COC(C)(C)N2C(=O)OC(C)(C)C)COC1(C)C. The molecule has 2 fully saturated rings. The quantitative estimate of drug-likeness (QED) is 0.428. The number of rotatable bonds is 6. The summed E-state index contributed by atoms with van der Waals surface area (Å²) in [6.45, 7) is 19.8. The molecule has 1 aromatic carbocycles. The molecule has 0 saturated carbocycles. The van der Waals surface area contributed by atoms with Crippen molar-refractivity contribution in [1.82, 2.24) is 9.80 Å². The lowest BCUT2D eigenvalue weighted by Crippen LogP contribution is -2.50. The van der Waals surface area contributed by atoms with Gasteiger partial charge in [0.25, 0.3) is 0 Å². The summed E-state index contributed by atoms with van der Waals surface area (Å²) in [5.74, 6) is 0. The minimum Gasteiger partial charge on any atom is -0.444 e. The van der Waals surface area contributed by atoms with Crippen LogP contribution in [0.25, 0.3) is 0 Å². The monoisotopic (exact) mass is 532 g/mol. The Labute approximate surface area is 228 Å². The molecule has 0 aromatic heterocycles. The third-order valence-corrected chi connectivity index (χ3v) is 6.94. The molecule has 0 spiro atoms. The summed E-state index contributed by atoms with van der Waals surface area (Å²) in [5.41, 5.74) is -0.0940. The molecule has 2 amide bonds. The van der Waals surface area contributed by atoms with Crippen LogP contribution in [0.5, 0.6) is 0 Å². The minimum atomic E-state index is -0.715. The Morgan fingerprint density at radius 2 is 1.11 bits per heavy atom. The second-order valence-corrected chi connectivity index (χ2v) is 13.4. The van der Waals surface area contributed by atoms with Crippen molar-refractivity contribution in [2.24, 2.45) is 0 Å². The topological polar surface area (TPSA) is 77.5 Å². The maximum Gasteiger partial charge on any atom is 0.412 e. The third kappa shape index (κ3) is 7.63. The maximum absolute atomic E-state index is 13.0. The van der Waals surface area contributed by atoms with Gasteiger partial charge < -0.3 is 18.9 Å². The molecule has 0 bridgehead atoms. The van der Waals surface area contributed by atoms with Crippen molar-refractivity contribution in [3.8, 4) is 0 Å². The molecular weight excluding hydrogens is 484 g/mol. The predicted molar refractivity (Wildman–Crippen MR) is 147 cm³/mol.